The third-order valence-corrected chi connectivity index (χ3v) is 5.41. The van der Waals surface area contributed by atoms with Crippen LogP contribution in [0.2, 0.25) is 0 Å². The molecule has 3 nitrogen and oxygen atoms in total. The third kappa shape index (κ3) is 2.15. The van der Waals surface area contributed by atoms with Gasteiger partial charge < -0.3 is 15.2 Å². The highest BCUT2D eigenvalue weighted by Gasteiger charge is 2.56. The van der Waals surface area contributed by atoms with Crippen LogP contribution in [0.5, 0.6) is 11.5 Å². The van der Waals surface area contributed by atoms with Gasteiger partial charge in [-0.2, -0.15) is 0 Å². The number of hydrogen-bond donors (Lipinski definition) is 1. The molecule has 2 aliphatic carbocycles. The molecule has 0 heterocycles. The Morgan fingerprint density at radius 1 is 1.32 bits per heavy atom. The predicted molar refractivity (Wildman–Crippen MR) is 78.6 cm³/mol. The van der Waals surface area contributed by atoms with Crippen LogP contribution in [0.15, 0.2) is 22.7 Å². The number of rotatable bonds is 3. The summed E-state index contributed by atoms with van der Waals surface area (Å²) in [5, 5.41) is 0. The van der Waals surface area contributed by atoms with Crippen LogP contribution in [0.3, 0.4) is 0 Å². The van der Waals surface area contributed by atoms with E-state index in [2.05, 4.69) is 15.9 Å². The maximum atomic E-state index is 6.23. The van der Waals surface area contributed by atoms with Gasteiger partial charge in [0.2, 0.25) is 0 Å². The molecule has 2 aliphatic rings. The summed E-state index contributed by atoms with van der Waals surface area (Å²) in [5.41, 5.74) is 6.47. The van der Waals surface area contributed by atoms with Gasteiger partial charge >= 0.3 is 0 Å². The second-order valence-corrected chi connectivity index (χ2v) is 6.54. The Bertz CT molecular complexity index is 471. The van der Waals surface area contributed by atoms with Crippen molar-refractivity contribution in [2.45, 2.75) is 44.2 Å². The van der Waals surface area contributed by atoms with E-state index < -0.39 is 0 Å². The van der Waals surface area contributed by atoms with Gasteiger partial charge in [0.25, 0.3) is 0 Å². The van der Waals surface area contributed by atoms with Crippen LogP contribution in [-0.2, 0) is 0 Å². The van der Waals surface area contributed by atoms with Gasteiger partial charge in [-0.25, -0.2) is 0 Å². The van der Waals surface area contributed by atoms with Crippen LogP contribution in [0.25, 0.3) is 0 Å². The topological polar surface area (TPSA) is 44.5 Å². The number of methoxy groups -OCH3 is 1. The van der Waals surface area contributed by atoms with Gasteiger partial charge in [0.15, 0.2) is 0 Å². The van der Waals surface area contributed by atoms with E-state index >= 15 is 0 Å². The molecule has 1 aromatic carbocycles. The Kier molecular flexibility index (Phi) is 3.48. The summed E-state index contributed by atoms with van der Waals surface area (Å²) in [6.07, 6.45) is 6.25. The molecule has 0 aliphatic heterocycles. The number of halogens is 1. The number of ether oxygens (including phenoxy) is 2. The van der Waals surface area contributed by atoms with Crippen LogP contribution >= 0.6 is 15.9 Å². The standard InChI is InChI=1S/C15H20BrNO2/c1-18-10-4-5-12(11(16)8-10)19-14-9-13(17)15(14)6-2-3-7-15/h4-5,8,13-14H,2-3,6-7,9,17H2,1H3. The van der Waals surface area contributed by atoms with Crippen molar-refractivity contribution in [3.8, 4) is 11.5 Å². The van der Waals surface area contributed by atoms with Crippen molar-refractivity contribution in [3.05, 3.63) is 22.7 Å². The first-order chi connectivity index (χ1) is 9.15. The van der Waals surface area contributed by atoms with E-state index in [4.69, 9.17) is 15.2 Å². The molecular formula is C15H20BrNO2. The lowest BCUT2D eigenvalue weighted by atomic mass is 9.61. The van der Waals surface area contributed by atoms with Crippen LogP contribution < -0.4 is 15.2 Å². The minimum absolute atomic E-state index is 0.235. The highest BCUT2D eigenvalue weighted by Crippen LogP contribution is 2.54. The fourth-order valence-electron chi connectivity index (χ4n) is 3.53. The molecule has 2 atom stereocenters. The molecule has 1 spiro atoms. The lowest BCUT2D eigenvalue weighted by Gasteiger charge is -2.52. The molecule has 4 heteroatoms. The van der Waals surface area contributed by atoms with E-state index in [1.54, 1.807) is 7.11 Å². The van der Waals surface area contributed by atoms with Gasteiger partial charge in [-0.15, -0.1) is 0 Å². The lowest BCUT2D eigenvalue weighted by Crippen LogP contribution is -2.62. The van der Waals surface area contributed by atoms with Crippen LogP contribution in [-0.4, -0.2) is 19.3 Å². The van der Waals surface area contributed by atoms with Gasteiger partial charge in [0, 0.05) is 17.9 Å². The molecule has 0 saturated heterocycles. The maximum absolute atomic E-state index is 6.23. The van der Waals surface area contributed by atoms with E-state index in [-0.39, 0.29) is 11.5 Å². The summed E-state index contributed by atoms with van der Waals surface area (Å²) in [7, 11) is 1.67. The highest BCUT2D eigenvalue weighted by atomic mass is 79.9. The van der Waals surface area contributed by atoms with Crippen molar-refractivity contribution < 1.29 is 9.47 Å². The molecule has 0 bridgehead atoms. The van der Waals surface area contributed by atoms with Gasteiger partial charge in [0.1, 0.15) is 17.6 Å². The summed E-state index contributed by atoms with van der Waals surface area (Å²) in [4.78, 5) is 0. The zero-order valence-corrected chi connectivity index (χ0v) is 12.8. The molecule has 2 unspecified atom stereocenters. The molecule has 0 amide bonds. The van der Waals surface area contributed by atoms with Gasteiger partial charge in [0.05, 0.1) is 11.6 Å². The molecule has 0 radical (unpaired) electrons. The Morgan fingerprint density at radius 2 is 2.05 bits per heavy atom. The van der Waals surface area contributed by atoms with E-state index in [1.165, 1.54) is 25.7 Å². The molecule has 2 fully saturated rings. The predicted octanol–water partition coefficient (Wildman–Crippen LogP) is 3.50. The lowest BCUT2D eigenvalue weighted by molar-refractivity contribution is -0.0623. The number of nitrogens with two attached hydrogens (primary N) is 1. The first-order valence-corrected chi connectivity index (χ1v) is 7.71. The normalized spacial score (nSPS) is 28.2. The van der Waals surface area contributed by atoms with Crippen LogP contribution in [0, 0.1) is 5.41 Å². The summed E-state index contributed by atoms with van der Waals surface area (Å²) >= 11 is 3.55. The molecule has 19 heavy (non-hydrogen) atoms. The van der Waals surface area contributed by atoms with E-state index in [0.717, 1.165) is 22.4 Å². The molecule has 104 valence electrons. The van der Waals surface area contributed by atoms with E-state index in [1.807, 2.05) is 18.2 Å². The summed E-state index contributed by atoms with van der Waals surface area (Å²) < 4.78 is 12.4. The number of hydrogen-bond acceptors (Lipinski definition) is 3. The Balaban J connectivity index is 1.75. The van der Waals surface area contributed by atoms with Gasteiger partial charge in [-0.1, -0.05) is 12.8 Å². The smallest absolute Gasteiger partial charge is 0.134 e. The Hall–Kier alpha value is -0.740. The monoisotopic (exact) mass is 325 g/mol. The molecule has 2 N–H and O–H groups in total. The summed E-state index contributed by atoms with van der Waals surface area (Å²) in [6.45, 7) is 0. The van der Waals surface area contributed by atoms with Crippen molar-refractivity contribution in [1.82, 2.24) is 0 Å². The quantitative estimate of drug-likeness (QED) is 0.925. The highest BCUT2D eigenvalue weighted by molar-refractivity contribution is 9.10. The minimum atomic E-state index is 0.235. The first kappa shape index (κ1) is 13.3. The van der Waals surface area contributed by atoms with Crippen molar-refractivity contribution >= 4 is 15.9 Å². The minimum Gasteiger partial charge on any atom is -0.497 e. The van der Waals surface area contributed by atoms with Crippen molar-refractivity contribution in [3.63, 3.8) is 0 Å². The van der Waals surface area contributed by atoms with Crippen molar-refractivity contribution in [2.24, 2.45) is 11.1 Å². The average Bonchev–Trinajstić information content (AvgIpc) is 2.92. The Morgan fingerprint density at radius 3 is 2.63 bits per heavy atom. The van der Waals surface area contributed by atoms with E-state index in [9.17, 15) is 0 Å². The van der Waals surface area contributed by atoms with Crippen LogP contribution in [0.4, 0.5) is 0 Å². The second kappa shape index (κ2) is 4.98. The fourth-order valence-corrected chi connectivity index (χ4v) is 3.98. The van der Waals surface area contributed by atoms with Crippen molar-refractivity contribution in [1.29, 1.82) is 0 Å². The number of benzene rings is 1. The zero-order chi connectivity index (χ0) is 13.5. The average molecular weight is 326 g/mol. The molecule has 0 aromatic heterocycles. The zero-order valence-electron chi connectivity index (χ0n) is 11.2. The summed E-state index contributed by atoms with van der Waals surface area (Å²) in [6, 6.07) is 6.15. The fraction of sp³-hybridized carbons (Fsp3) is 0.600. The van der Waals surface area contributed by atoms with Crippen LogP contribution in [0.1, 0.15) is 32.1 Å². The molecular weight excluding hydrogens is 306 g/mol. The molecule has 2 saturated carbocycles. The summed E-state index contributed by atoms with van der Waals surface area (Å²) in [5.74, 6) is 1.73. The van der Waals surface area contributed by atoms with E-state index in [0.29, 0.717) is 6.04 Å². The van der Waals surface area contributed by atoms with Gasteiger partial charge in [-0.3, -0.25) is 0 Å². The van der Waals surface area contributed by atoms with Gasteiger partial charge in [-0.05, 0) is 47.0 Å². The maximum Gasteiger partial charge on any atom is 0.134 e. The van der Waals surface area contributed by atoms with Crippen molar-refractivity contribution in [2.75, 3.05) is 7.11 Å². The molecule has 1 aromatic rings. The SMILES string of the molecule is COc1ccc(OC2CC(N)C23CCCC3)c(Br)c1. The second-order valence-electron chi connectivity index (χ2n) is 5.69. The molecule has 3 rings (SSSR count). The largest absolute Gasteiger partial charge is 0.497 e. The third-order valence-electron chi connectivity index (χ3n) is 4.79. The first-order valence-electron chi connectivity index (χ1n) is 6.91. The Labute approximate surface area is 122 Å².